The summed E-state index contributed by atoms with van der Waals surface area (Å²) in [7, 11) is 0. The fourth-order valence-corrected chi connectivity index (χ4v) is 5.44. The molecule has 0 N–H and O–H groups in total. The summed E-state index contributed by atoms with van der Waals surface area (Å²) in [6, 6.07) is 12.5. The predicted octanol–water partition coefficient (Wildman–Crippen LogP) is 5.51. The van der Waals surface area contributed by atoms with E-state index in [-0.39, 0.29) is 56.0 Å². The summed E-state index contributed by atoms with van der Waals surface area (Å²) >= 11 is 0. The summed E-state index contributed by atoms with van der Waals surface area (Å²) in [6.45, 7) is 0. The molecule has 2 aliphatic heterocycles. The Morgan fingerprint density at radius 2 is 1.00 bits per heavy atom. The van der Waals surface area contributed by atoms with Crippen molar-refractivity contribution < 1.29 is 31.9 Å². The Balaban J connectivity index is 1.20. The molecule has 0 saturated heterocycles. The van der Waals surface area contributed by atoms with Crippen LogP contribution in [-0.4, -0.2) is 36.7 Å². The van der Waals surface area contributed by atoms with Gasteiger partial charge in [-0.15, -0.1) is 0 Å². The van der Waals surface area contributed by atoms with Crippen LogP contribution in [0.1, 0.15) is 36.6 Å². The van der Waals surface area contributed by atoms with Gasteiger partial charge in [0.1, 0.15) is 11.6 Å². The molecule has 0 radical (unpaired) electrons. The van der Waals surface area contributed by atoms with Gasteiger partial charge in [0.2, 0.25) is 0 Å². The molecular formula is C29H10F4N4O3. The Morgan fingerprint density at radius 3 is 1.57 bits per heavy atom. The van der Waals surface area contributed by atoms with Crippen LogP contribution >= 0.6 is 0 Å². The van der Waals surface area contributed by atoms with Crippen molar-refractivity contribution in [3.63, 3.8) is 0 Å². The Hall–Kier alpha value is -5.45. The van der Waals surface area contributed by atoms with E-state index in [0.717, 1.165) is 24.3 Å². The first-order valence-corrected chi connectivity index (χ1v) is 11.9. The van der Waals surface area contributed by atoms with Gasteiger partial charge >= 0.3 is 0 Å². The van der Waals surface area contributed by atoms with Crippen molar-refractivity contribution in [2.75, 3.05) is 0 Å². The van der Waals surface area contributed by atoms with Crippen molar-refractivity contribution in [1.82, 2.24) is 19.1 Å². The van der Waals surface area contributed by atoms with Crippen LogP contribution in [0, 0.1) is 23.3 Å². The minimum atomic E-state index is -1.12. The molecule has 4 heterocycles. The predicted molar refractivity (Wildman–Crippen MR) is 133 cm³/mol. The van der Waals surface area contributed by atoms with Gasteiger partial charge in [-0.3, -0.25) is 23.5 Å². The Labute approximate surface area is 219 Å². The van der Waals surface area contributed by atoms with Crippen LogP contribution in [0.25, 0.3) is 44.8 Å². The van der Waals surface area contributed by atoms with Crippen molar-refractivity contribution in [3.8, 4) is 22.8 Å². The number of ketones is 1. The molecular weight excluding hydrogens is 528 g/mol. The summed E-state index contributed by atoms with van der Waals surface area (Å²) < 4.78 is 57.5. The minimum absolute atomic E-state index is 0.0921. The van der Waals surface area contributed by atoms with Gasteiger partial charge < -0.3 is 0 Å². The molecule has 192 valence electrons. The molecule has 0 saturated carbocycles. The van der Waals surface area contributed by atoms with E-state index in [9.17, 15) is 31.9 Å². The van der Waals surface area contributed by atoms with Gasteiger partial charge in [0.05, 0.1) is 33.2 Å². The van der Waals surface area contributed by atoms with Crippen molar-refractivity contribution >= 4 is 39.7 Å². The van der Waals surface area contributed by atoms with Gasteiger partial charge in [0, 0.05) is 46.5 Å². The molecule has 6 aromatic rings. The first kappa shape index (κ1) is 22.5. The standard InChI is InChI=1S/C29H10F4N4O3/c30-17-7-21-23(9-19(17)32)36-26(34-21)13-3-1-12(6-16(13)29(36)40)25(38)11-2-4-14-15(5-11)27-35-22-8-18(31)20(33)10-24(22)37(27)28(14)39/h1-10H. The van der Waals surface area contributed by atoms with Gasteiger partial charge in [0.15, 0.2) is 29.1 Å². The molecule has 0 atom stereocenters. The molecule has 0 unspecified atom stereocenters. The Morgan fingerprint density at radius 1 is 0.550 bits per heavy atom. The van der Waals surface area contributed by atoms with Crippen LogP contribution in [0.15, 0.2) is 60.7 Å². The largest absolute Gasteiger partial charge is 0.289 e. The quantitative estimate of drug-likeness (QED) is 0.214. The molecule has 8 rings (SSSR count). The lowest BCUT2D eigenvalue weighted by Crippen LogP contribution is -2.08. The van der Waals surface area contributed by atoms with Gasteiger partial charge in [-0.05, 0) is 24.3 Å². The summed E-state index contributed by atoms with van der Waals surface area (Å²) in [5.41, 5.74) is 1.93. The van der Waals surface area contributed by atoms with E-state index in [1.807, 2.05) is 0 Å². The normalized spacial score (nSPS) is 13.2. The maximum Gasteiger partial charge on any atom is 0.264 e. The number of halogens is 4. The summed E-state index contributed by atoms with van der Waals surface area (Å²) in [5.74, 6) is -5.54. The molecule has 2 aliphatic rings. The number of imidazole rings is 2. The topological polar surface area (TPSA) is 86.8 Å². The number of carbonyl (C=O) groups excluding carboxylic acids is 3. The smallest absolute Gasteiger partial charge is 0.264 e. The number of fused-ring (bicyclic) bond motifs is 10. The average Bonchev–Trinajstić information content (AvgIpc) is 3.64. The molecule has 11 heteroatoms. The molecule has 40 heavy (non-hydrogen) atoms. The zero-order chi connectivity index (χ0) is 27.6. The van der Waals surface area contributed by atoms with Gasteiger partial charge in [0.25, 0.3) is 11.8 Å². The third kappa shape index (κ3) is 2.75. The average molecular weight is 538 g/mol. The van der Waals surface area contributed by atoms with E-state index in [2.05, 4.69) is 9.97 Å². The lowest BCUT2D eigenvalue weighted by molar-refractivity contribution is 0.0964. The van der Waals surface area contributed by atoms with Crippen molar-refractivity contribution in [1.29, 1.82) is 0 Å². The fraction of sp³-hybridized carbons (Fsp3) is 0. The number of benzene rings is 4. The molecule has 0 spiro atoms. The van der Waals surface area contributed by atoms with E-state index in [4.69, 9.17) is 0 Å². The number of aromatic nitrogens is 4. The van der Waals surface area contributed by atoms with E-state index in [0.29, 0.717) is 11.1 Å². The number of hydrogen-bond donors (Lipinski definition) is 0. The molecule has 0 fully saturated rings. The van der Waals surface area contributed by atoms with Crippen molar-refractivity contribution in [2.45, 2.75) is 0 Å². The summed E-state index contributed by atoms with van der Waals surface area (Å²) in [6.07, 6.45) is 0. The van der Waals surface area contributed by atoms with Gasteiger partial charge in [-0.2, -0.15) is 0 Å². The number of rotatable bonds is 2. The molecule has 0 amide bonds. The van der Waals surface area contributed by atoms with E-state index < -0.39 is 40.9 Å². The second-order valence-corrected chi connectivity index (χ2v) is 9.51. The fourth-order valence-electron chi connectivity index (χ4n) is 5.44. The summed E-state index contributed by atoms with van der Waals surface area (Å²) in [5, 5.41) is 0. The van der Waals surface area contributed by atoms with E-state index >= 15 is 0 Å². The number of nitrogens with zero attached hydrogens (tertiary/aromatic N) is 4. The second-order valence-electron chi connectivity index (χ2n) is 9.51. The third-order valence-electron chi connectivity index (χ3n) is 7.31. The first-order chi connectivity index (χ1) is 19.2. The van der Waals surface area contributed by atoms with E-state index in [1.54, 1.807) is 0 Å². The molecule has 7 nitrogen and oxygen atoms in total. The van der Waals surface area contributed by atoms with Crippen LogP contribution in [0.4, 0.5) is 17.6 Å². The monoisotopic (exact) mass is 538 g/mol. The Kier molecular flexibility index (Phi) is 4.14. The Bertz CT molecular complexity index is 2230. The highest BCUT2D eigenvalue weighted by Crippen LogP contribution is 2.38. The molecule has 0 aliphatic carbocycles. The van der Waals surface area contributed by atoms with Crippen LogP contribution < -0.4 is 0 Å². The first-order valence-electron chi connectivity index (χ1n) is 11.9. The lowest BCUT2D eigenvalue weighted by atomic mass is 9.96. The highest BCUT2D eigenvalue weighted by Gasteiger charge is 2.34. The van der Waals surface area contributed by atoms with Crippen molar-refractivity contribution in [3.05, 3.63) is 106 Å². The highest BCUT2D eigenvalue weighted by molar-refractivity contribution is 6.18. The van der Waals surface area contributed by atoms with Crippen LogP contribution in [0.2, 0.25) is 0 Å². The molecule has 2 aromatic heterocycles. The van der Waals surface area contributed by atoms with Gasteiger partial charge in [-0.1, -0.05) is 12.1 Å². The summed E-state index contributed by atoms with van der Waals surface area (Å²) in [4.78, 5) is 48.3. The molecule has 4 aromatic carbocycles. The maximum atomic E-state index is 13.9. The second kappa shape index (κ2) is 7.35. The van der Waals surface area contributed by atoms with Gasteiger partial charge in [-0.25, -0.2) is 27.5 Å². The van der Waals surface area contributed by atoms with Crippen LogP contribution in [0.3, 0.4) is 0 Å². The maximum absolute atomic E-state index is 13.9. The van der Waals surface area contributed by atoms with Crippen LogP contribution in [0.5, 0.6) is 0 Å². The highest BCUT2D eigenvalue weighted by atomic mass is 19.2. The third-order valence-corrected chi connectivity index (χ3v) is 7.31. The lowest BCUT2D eigenvalue weighted by Gasteiger charge is -2.06. The zero-order valence-corrected chi connectivity index (χ0v) is 19.8. The zero-order valence-electron chi connectivity index (χ0n) is 19.8. The number of hydrogen-bond acceptors (Lipinski definition) is 5. The van der Waals surface area contributed by atoms with Crippen molar-refractivity contribution in [2.24, 2.45) is 0 Å². The number of carbonyl (C=O) groups is 3. The SMILES string of the molecule is O=C(c1ccc2c(c1)C(=O)n1c-2nc2cc(F)c(F)cc21)c1ccc2c(c1)-c1nc3cc(F)c(F)cc3n1C2=O. The minimum Gasteiger partial charge on any atom is -0.289 e. The van der Waals surface area contributed by atoms with Crippen LogP contribution in [-0.2, 0) is 0 Å². The molecule has 0 bridgehead atoms. The van der Waals surface area contributed by atoms with E-state index in [1.165, 1.54) is 45.5 Å².